The topological polar surface area (TPSA) is 28.4 Å². The Labute approximate surface area is 128 Å². The molecule has 1 N–H and O–H groups in total. The number of nitrogens with zero attached hydrogens (tertiary/aromatic N) is 1. The predicted octanol–water partition coefficient (Wildman–Crippen LogP) is 3.45. The second kappa shape index (κ2) is 8.65. The molecule has 2 aromatic rings. The first-order chi connectivity index (χ1) is 10.3. The van der Waals surface area contributed by atoms with Crippen LogP contribution in [0.15, 0.2) is 47.3 Å². The van der Waals surface area contributed by atoms with E-state index in [0.29, 0.717) is 0 Å². The predicted molar refractivity (Wildman–Crippen MR) is 87.2 cm³/mol. The molecule has 1 aromatic heterocycles. The maximum absolute atomic E-state index is 5.10. The summed E-state index contributed by atoms with van der Waals surface area (Å²) in [4.78, 5) is 2.29. The SMILES string of the molecule is CCCNCCc1ccc(CN(C)Cc2ccoc2)cc1. The maximum atomic E-state index is 5.10. The van der Waals surface area contributed by atoms with E-state index in [-0.39, 0.29) is 0 Å². The number of hydrogen-bond donors (Lipinski definition) is 1. The van der Waals surface area contributed by atoms with Crippen molar-refractivity contribution >= 4 is 0 Å². The molecule has 0 saturated carbocycles. The van der Waals surface area contributed by atoms with Crippen molar-refractivity contribution in [3.05, 3.63) is 59.5 Å². The summed E-state index contributed by atoms with van der Waals surface area (Å²) in [6.07, 6.45) is 5.83. The normalized spacial score (nSPS) is 11.2. The Hall–Kier alpha value is -1.58. The fraction of sp³-hybridized carbons (Fsp3) is 0.444. The highest BCUT2D eigenvalue weighted by Gasteiger charge is 2.03. The highest BCUT2D eigenvalue weighted by Crippen LogP contribution is 2.10. The smallest absolute Gasteiger partial charge is 0.0947 e. The monoisotopic (exact) mass is 286 g/mol. The average molecular weight is 286 g/mol. The first kappa shape index (κ1) is 15.8. The second-order valence-electron chi connectivity index (χ2n) is 5.62. The minimum Gasteiger partial charge on any atom is -0.472 e. The zero-order valence-electron chi connectivity index (χ0n) is 13.1. The Morgan fingerprint density at radius 3 is 2.33 bits per heavy atom. The fourth-order valence-electron chi connectivity index (χ4n) is 2.41. The van der Waals surface area contributed by atoms with Crippen LogP contribution in [-0.4, -0.2) is 25.0 Å². The Morgan fingerprint density at radius 2 is 1.67 bits per heavy atom. The summed E-state index contributed by atoms with van der Waals surface area (Å²) in [7, 11) is 2.13. The van der Waals surface area contributed by atoms with Gasteiger partial charge >= 0.3 is 0 Å². The minimum atomic E-state index is 0.916. The van der Waals surface area contributed by atoms with Crippen LogP contribution in [-0.2, 0) is 19.5 Å². The Morgan fingerprint density at radius 1 is 0.952 bits per heavy atom. The maximum Gasteiger partial charge on any atom is 0.0947 e. The zero-order chi connectivity index (χ0) is 14.9. The zero-order valence-corrected chi connectivity index (χ0v) is 13.1. The lowest BCUT2D eigenvalue weighted by molar-refractivity contribution is 0.318. The first-order valence-corrected chi connectivity index (χ1v) is 7.76. The molecule has 3 heteroatoms. The molecule has 0 spiro atoms. The van der Waals surface area contributed by atoms with Crippen molar-refractivity contribution < 1.29 is 4.42 Å². The fourth-order valence-corrected chi connectivity index (χ4v) is 2.41. The Kier molecular flexibility index (Phi) is 6.51. The van der Waals surface area contributed by atoms with Gasteiger partial charge in [0.2, 0.25) is 0 Å². The van der Waals surface area contributed by atoms with Crippen LogP contribution in [0.3, 0.4) is 0 Å². The number of furan rings is 1. The Bertz CT molecular complexity index is 490. The van der Waals surface area contributed by atoms with Crippen LogP contribution in [0, 0.1) is 0 Å². The van der Waals surface area contributed by atoms with Crippen molar-refractivity contribution in [1.29, 1.82) is 0 Å². The molecule has 0 aliphatic heterocycles. The molecular weight excluding hydrogens is 260 g/mol. The number of rotatable bonds is 9. The van der Waals surface area contributed by atoms with Gasteiger partial charge in [-0.25, -0.2) is 0 Å². The molecule has 0 bridgehead atoms. The van der Waals surface area contributed by atoms with Crippen LogP contribution >= 0.6 is 0 Å². The molecule has 114 valence electrons. The van der Waals surface area contributed by atoms with Crippen LogP contribution in [0.25, 0.3) is 0 Å². The summed E-state index contributed by atoms with van der Waals surface area (Å²) in [5, 5.41) is 3.44. The molecule has 21 heavy (non-hydrogen) atoms. The molecule has 0 amide bonds. The summed E-state index contributed by atoms with van der Waals surface area (Å²) in [5.74, 6) is 0. The van der Waals surface area contributed by atoms with Gasteiger partial charge in [-0.2, -0.15) is 0 Å². The molecule has 0 fully saturated rings. The van der Waals surface area contributed by atoms with Gasteiger partial charge in [0.25, 0.3) is 0 Å². The van der Waals surface area contributed by atoms with Crippen molar-refractivity contribution in [3.63, 3.8) is 0 Å². The molecule has 3 nitrogen and oxygen atoms in total. The highest BCUT2D eigenvalue weighted by atomic mass is 16.3. The highest BCUT2D eigenvalue weighted by molar-refractivity contribution is 5.22. The van der Waals surface area contributed by atoms with E-state index in [1.807, 2.05) is 12.3 Å². The molecule has 0 unspecified atom stereocenters. The lowest BCUT2D eigenvalue weighted by Gasteiger charge is -2.16. The molecule has 1 heterocycles. The van der Waals surface area contributed by atoms with Crippen LogP contribution in [0.5, 0.6) is 0 Å². The van der Waals surface area contributed by atoms with Crippen molar-refractivity contribution in [1.82, 2.24) is 10.2 Å². The van der Waals surface area contributed by atoms with E-state index in [1.165, 1.54) is 23.1 Å². The van der Waals surface area contributed by atoms with E-state index >= 15 is 0 Å². The van der Waals surface area contributed by atoms with Crippen LogP contribution in [0.2, 0.25) is 0 Å². The number of hydrogen-bond acceptors (Lipinski definition) is 3. The summed E-state index contributed by atoms with van der Waals surface area (Å²) in [5.41, 5.74) is 3.97. The summed E-state index contributed by atoms with van der Waals surface area (Å²) < 4.78 is 5.10. The van der Waals surface area contributed by atoms with E-state index in [2.05, 4.69) is 48.5 Å². The summed E-state index contributed by atoms with van der Waals surface area (Å²) in [6.45, 7) is 6.24. The van der Waals surface area contributed by atoms with Gasteiger partial charge < -0.3 is 9.73 Å². The van der Waals surface area contributed by atoms with E-state index in [9.17, 15) is 0 Å². The van der Waals surface area contributed by atoms with Gasteiger partial charge in [0.15, 0.2) is 0 Å². The van der Waals surface area contributed by atoms with Gasteiger partial charge in [0.05, 0.1) is 12.5 Å². The van der Waals surface area contributed by atoms with E-state index in [0.717, 1.165) is 32.6 Å². The molecule has 0 radical (unpaired) electrons. The minimum absolute atomic E-state index is 0.916. The van der Waals surface area contributed by atoms with Crippen molar-refractivity contribution in [2.75, 3.05) is 20.1 Å². The van der Waals surface area contributed by atoms with Crippen molar-refractivity contribution in [3.8, 4) is 0 Å². The van der Waals surface area contributed by atoms with Crippen LogP contribution in [0.4, 0.5) is 0 Å². The molecule has 1 aromatic carbocycles. The lowest BCUT2D eigenvalue weighted by Crippen LogP contribution is -2.18. The Balaban J connectivity index is 1.76. The first-order valence-electron chi connectivity index (χ1n) is 7.76. The third-order valence-corrected chi connectivity index (χ3v) is 3.53. The summed E-state index contributed by atoms with van der Waals surface area (Å²) >= 11 is 0. The van der Waals surface area contributed by atoms with Crippen LogP contribution < -0.4 is 5.32 Å². The lowest BCUT2D eigenvalue weighted by atomic mass is 10.1. The van der Waals surface area contributed by atoms with Gasteiger partial charge in [-0.1, -0.05) is 31.2 Å². The van der Waals surface area contributed by atoms with E-state index in [4.69, 9.17) is 4.42 Å². The van der Waals surface area contributed by atoms with E-state index in [1.54, 1.807) is 6.26 Å². The standard InChI is InChI=1S/C18H26N2O/c1-3-10-19-11-8-16-4-6-17(7-5-16)13-20(2)14-18-9-12-21-15-18/h4-7,9,12,15,19H,3,8,10-11,13-14H2,1-2H3. The average Bonchev–Trinajstić information content (AvgIpc) is 2.98. The van der Waals surface area contributed by atoms with Crippen molar-refractivity contribution in [2.45, 2.75) is 32.9 Å². The molecular formula is C18H26N2O. The van der Waals surface area contributed by atoms with Gasteiger partial charge in [0.1, 0.15) is 0 Å². The molecule has 0 saturated heterocycles. The number of benzene rings is 1. The van der Waals surface area contributed by atoms with Gasteiger partial charge in [0, 0.05) is 18.7 Å². The van der Waals surface area contributed by atoms with Gasteiger partial charge in [-0.15, -0.1) is 0 Å². The molecule has 0 aliphatic carbocycles. The van der Waals surface area contributed by atoms with Gasteiger partial charge in [-0.3, -0.25) is 4.90 Å². The van der Waals surface area contributed by atoms with E-state index < -0.39 is 0 Å². The quantitative estimate of drug-likeness (QED) is 0.716. The molecule has 0 aliphatic rings. The summed E-state index contributed by atoms with van der Waals surface area (Å²) in [6, 6.07) is 11.0. The molecule has 0 atom stereocenters. The second-order valence-corrected chi connectivity index (χ2v) is 5.62. The van der Waals surface area contributed by atoms with Gasteiger partial charge in [-0.05, 0) is 50.2 Å². The molecule has 2 rings (SSSR count). The third-order valence-electron chi connectivity index (χ3n) is 3.53. The van der Waals surface area contributed by atoms with Crippen LogP contribution in [0.1, 0.15) is 30.0 Å². The largest absolute Gasteiger partial charge is 0.472 e. The third kappa shape index (κ3) is 5.74. The number of nitrogens with one attached hydrogen (secondary N) is 1. The van der Waals surface area contributed by atoms with Crippen molar-refractivity contribution in [2.24, 2.45) is 0 Å².